The molecule has 25 heavy (non-hydrogen) atoms. The molecule has 2 unspecified atom stereocenters. The van der Waals surface area contributed by atoms with Gasteiger partial charge in [0.25, 0.3) is 0 Å². The summed E-state index contributed by atoms with van der Waals surface area (Å²) in [6.07, 6.45) is 7.19. The topological polar surface area (TPSA) is 58.6 Å². The molecule has 4 nitrogen and oxygen atoms in total. The van der Waals surface area contributed by atoms with Gasteiger partial charge in [-0.15, -0.1) is 0 Å². The molecule has 136 valence electrons. The zero-order valence-corrected chi connectivity index (χ0v) is 15.0. The van der Waals surface area contributed by atoms with E-state index < -0.39 is 5.97 Å². The van der Waals surface area contributed by atoms with Gasteiger partial charge in [0.05, 0.1) is 5.92 Å². The van der Waals surface area contributed by atoms with Crippen molar-refractivity contribution < 1.29 is 14.6 Å². The van der Waals surface area contributed by atoms with Gasteiger partial charge in [-0.05, 0) is 86.6 Å². The number of hydrogen-bond donors (Lipinski definition) is 2. The molecule has 2 N–H and O–H groups in total. The lowest BCUT2D eigenvalue weighted by atomic mass is 9.82. The summed E-state index contributed by atoms with van der Waals surface area (Å²) in [4.78, 5) is 11.6. The van der Waals surface area contributed by atoms with Crippen molar-refractivity contribution in [2.45, 2.75) is 57.5 Å². The van der Waals surface area contributed by atoms with Crippen molar-refractivity contribution in [3.05, 3.63) is 29.3 Å². The maximum absolute atomic E-state index is 11.6. The first-order valence-corrected chi connectivity index (χ1v) is 9.86. The molecule has 2 heterocycles. The van der Waals surface area contributed by atoms with Gasteiger partial charge in [0.2, 0.25) is 0 Å². The van der Waals surface area contributed by atoms with E-state index >= 15 is 0 Å². The van der Waals surface area contributed by atoms with Gasteiger partial charge in [-0.3, -0.25) is 4.79 Å². The summed E-state index contributed by atoms with van der Waals surface area (Å²) in [5, 5.41) is 12.9. The zero-order chi connectivity index (χ0) is 17.4. The van der Waals surface area contributed by atoms with Gasteiger partial charge in [-0.25, -0.2) is 0 Å². The number of aliphatic carboxylic acids is 1. The number of fused-ring (bicyclic) bond motifs is 1. The molecule has 1 saturated carbocycles. The fraction of sp³-hybridized carbons (Fsp3) is 0.667. The van der Waals surface area contributed by atoms with Crippen LogP contribution in [0.1, 0.15) is 56.1 Å². The van der Waals surface area contributed by atoms with Crippen LogP contribution in [0.15, 0.2) is 18.2 Å². The molecule has 2 aliphatic heterocycles. The Morgan fingerprint density at radius 1 is 1.20 bits per heavy atom. The van der Waals surface area contributed by atoms with Gasteiger partial charge in [0, 0.05) is 0 Å². The summed E-state index contributed by atoms with van der Waals surface area (Å²) < 4.78 is 6.43. The third-order valence-corrected chi connectivity index (χ3v) is 6.42. The number of ether oxygens (including phenoxy) is 1. The van der Waals surface area contributed by atoms with Crippen molar-refractivity contribution in [1.82, 2.24) is 5.32 Å². The molecule has 1 aromatic carbocycles. The maximum Gasteiger partial charge on any atom is 0.306 e. The van der Waals surface area contributed by atoms with Gasteiger partial charge in [0.1, 0.15) is 11.9 Å². The molecular formula is C21H29NO3. The van der Waals surface area contributed by atoms with Crippen molar-refractivity contribution in [2.75, 3.05) is 13.1 Å². The van der Waals surface area contributed by atoms with Crippen LogP contribution in [0, 0.1) is 17.8 Å². The van der Waals surface area contributed by atoms with E-state index in [0.717, 1.165) is 50.1 Å². The molecule has 0 radical (unpaired) electrons. The van der Waals surface area contributed by atoms with Crippen molar-refractivity contribution in [2.24, 2.45) is 17.8 Å². The lowest BCUT2D eigenvalue weighted by molar-refractivity contribution is -0.142. The van der Waals surface area contributed by atoms with Crippen LogP contribution in [0.3, 0.4) is 0 Å². The average molecular weight is 343 g/mol. The number of aryl methyl sites for hydroxylation is 1. The van der Waals surface area contributed by atoms with Gasteiger partial charge >= 0.3 is 5.97 Å². The van der Waals surface area contributed by atoms with Crippen LogP contribution in [0.5, 0.6) is 5.75 Å². The van der Waals surface area contributed by atoms with E-state index in [2.05, 4.69) is 23.5 Å². The molecule has 1 saturated heterocycles. The summed E-state index contributed by atoms with van der Waals surface area (Å²) in [5.41, 5.74) is 2.44. The standard InChI is InChI=1S/C21H29NO3/c1-13(21(23)24)20(16-3-4-16)17-5-2-14-6-7-18(25-19(14)12-17)15-8-10-22-11-9-15/h2,5,12-13,15-16,18,20,22H,3-4,6-11H2,1H3,(H,23,24)/t13?,18-,20?/m1/s1. The third kappa shape index (κ3) is 3.55. The molecular weight excluding hydrogens is 314 g/mol. The minimum atomic E-state index is -0.692. The predicted molar refractivity (Wildman–Crippen MR) is 97.0 cm³/mol. The Kier molecular flexibility index (Phi) is 4.72. The quantitative estimate of drug-likeness (QED) is 0.858. The Morgan fingerprint density at radius 3 is 2.64 bits per heavy atom. The van der Waals surface area contributed by atoms with Crippen LogP contribution in [-0.4, -0.2) is 30.3 Å². The number of piperidine rings is 1. The summed E-state index contributed by atoms with van der Waals surface area (Å²) in [6, 6.07) is 6.48. The van der Waals surface area contributed by atoms with E-state index in [0.29, 0.717) is 17.9 Å². The monoisotopic (exact) mass is 343 g/mol. The Balaban J connectivity index is 1.55. The van der Waals surface area contributed by atoms with Crippen molar-refractivity contribution in [3.63, 3.8) is 0 Å². The van der Waals surface area contributed by atoms with Crippen LogP contribution in [0.2, 0.25) is 0 Å². The Bertz CT molecular complexity index is 634. The largest absolute Gasteiger partial charge is 0.490 e. The SMILES string of the molecule is CC(C(=O)O)C(c1ccc2c(c1)O[C@@H](C1CCNCC1)CC2)C1CC1. The molecule has 3 aliphatic rings. The van der Waals surface area contributed by atoms with Crippen LogP contribution < -0.4 is 10.1 Å². The number of benzene rings is 1. The second-order valence-electron chi connectivity index (χ2n) is 8.14. The minimum Gasteiger partial charge on any atom is -0.490 e. The van der Waals surface area contributed by atoms with Crippen LogP contribution in [0.4, 0.5) is 0 Å². The second kappa shape index (κ2) is 6.99. The third-order valence-electron chi connectivity index (χ3n) is 6.42. The van der Waals surface area contributed by atoms with E-state index in [-0.39, 0.29) is 11.8 Å². The number of nitrogens with one attached hydrogen (secondary N) is 1. The highest BCUT2D eigenvalue weighted by atomic mass is 16.5. The van der Waals surface area contributed by atoms with E-state index in [1.807, 2.05) is 6.92 Å². The number of carboxylic acids is 1. The molecule has 0 aromatic heterocycles. The number of rotatable bonds is 5. The molecule has 3 atom stereocenters. The first-order chi connectivity index (χ1) is 12.1. The first kappa shape index (κ1) is 16.9. The molecule has 4 rings (SSSR count). The normalized spacial score (nSPS) is 26.4. The van der Waals surface area contributed by atoms with E-state index in [9.17, 15) is 9.90 Å². The summed E-state index contributed by atoms with van der Waals surface area (Å²) in [5.74, 6) is 1.27. The number of carbonyl (C=O) groups is 1. The Labute approximate surface area is 150 Å². The Hall–Kier alpha value is -1.55. The van der Waals surface area contributed by atoms with Crippen LogP contribution in [-0.2, 0) is 11.2 Å². The minimum absolute atomic E-state index is 0.116. The van der Waals surface area contributed by atoms with Crippen molar-refractivity contribution in [1.29, 1.82) is 0 Å². The molecule has 1 aromatic rings. The van der Waals surface area contributed by atoms with Gasteiger partial charge in [0.15, 0.2) is 0 Å². The van der Waals surface area contributed by atoms with Crippen LogP contribution >= 0.6 is 0 Å². The summed E-state index contributed by atoms with van der Waals surface area (Å²) >= 11 is 0. The first-order valence-electron chi connectivity index (χ1n) is 9.86. The molecule has 0 amide bonds. The van der Waals surface area contributed by atoms with Gasteiger partial charge < -0.3 is 15.2 Å². The highest BCUT2D eigenvalue weighted by molar-refractivity contribution is 5.71. The summed E-state index contributed by atoms with van der Waals surface area (Å²) in [7, 11) is 0. The van der Waals surface area contributed by atoms with Gasteiger partial charge in [-0.1, -0.05) is 19.1 Å². The number of hydrogen-bond acceptors (Lipinski definition) is 3. The maximum atomic E-state index is 11.6. The highest BCUT2D eigenvalue weighted by Gasteiger charge is 2.39. The lowest BCUT2D eigenvalue weighted by Gasteiger charge is -2.35. The predicted octanol–water partition coefficient (Wildman–Crippen LogP) is 3.59. The molecule has 4 heteroatoms. The molecule has 1 aliphatic carbocycles. The second-order valence-corrected chi connectivity index (χ2v) is 8.14. The fourth-order valence-corrected chi connectivity index (χ4v) is 4.74. The Morgan fingerprint density at radius 2 is 1.96 bits per heavy atom. The van der Waals surface area contributed by atoms with E-state index in [1.54, 1.807) is 0 Å². The van der Waals surface area contributed by atoms with E-state index in [4.69, 9.17) is 4.74 Å². The van der Waals surface area contributed by atoms with Gasteiger partial charge in [-0.2, -0.15) is 0 Å². The highest BCUT2D eigenvalue weighted by Crippen LogP contribution is 2.48. The zero-order valence-electron chi connectivity index (χ0n) is 15.0. The fourth-order valence-electron chi connectivity index (χ4n) is 4.74. The number of carboxylic acid groups (broad SMARTS) is 1. The van der Waals surface area contributed by atoms with Crippen molar-refractivity contribution >= 4 is 5.97 Å². The molecule has 0 bridgehead atoms. The molecule has 0 spiro atoms. The molecule has 2 fully saturated rings. The van der Waals surface area contributed by atoms with Crippen LogP contribution in [0.25, 0.3) is 0 Å². The average Bonchev–Trinajstić information content (AvgIpc) is 3.47. The summed E-state index contributed by atoms with van der Waals surface area (Å²) in [6.45, 7) is 4.04. The lowest BCUT2D eigenvalue weighted by Crippen LogP contribution is -2.38. The smallest absolute Gasteiger partial charge is 0.306 e. The van der Waals surface area contributed by atoms with Crippen molar-refractivity contribution in [3.8, 4) is 5.75 Å². The van der Waals surface area contributed by atoms with E-state index in [1.165, 1.54) is 18.4 Å².